The predicted molar refractivity (Wildman–Crippen MR) is 105 cm³/mol. The van der Waals surface area contributed by atoms with Gasteiger partial charge in [0.05, 0.1) is 36.3 Å². The van der Waals surface area contributed by atoms with Crippen LogP contribution in [0.15, 0.2) is 42.5 Å². The highest BCUT2D eigenvalue weighted by Crippen LogP contribution is 2.39. The summed E-state index contributed by atoms with van der Waals surface area (Å²) in [5.74, 6) is -2.19. The molecular weight excluding hydrogens is 374 g/mol. The molecule has 3 rings (SSSR count). The van der Waals surface area contributed by atoms with Gasteiger partial charge in [-0.2, -0.15) is 0 Å². The number of imide groups is 1. The number of hydrogen-bond acceptors (Lipinski definition) is 5. The van der Waals surface area contributed by atoms with E-state index < -0.39 is 29.7 Å². The standard InChI is InChI=1S/C22H23NO6/c1-4-28-17-11-10-14(12-18(17)29-5-2)19(13(3)22(26)27)23-20(24)15-8-6-7-9-16(15)21(23)25/h6-13,19H,4-5H2,1-3H3,(H,26,27). The van der Waals surface area contributed by atoms with E-state index in [0.717, 1.165) is 4.90 Å². The third kappa shape index (κ3) is 3.68. The van der Waals surface area contributed by atoms with Crippen LogP contribution in [-0.2, 0) is 4.79 Å². The lowest BCUT2D eigenvalue weighted by molar-refractivity contribution is -0.142. The monoisotopic (exact) mass is 397 g/mol. The van der Waals surface area contributed by atoms with Crippen molar-refractivity contribution in [3.63, 3.8) is 0 Å². The summed E-state index contributed by atoms with van der Waals surface area (Å²) >= 11 is 0. The first-order valence-corrected chi connectivity index (χ1v) is 9.49. The Bertz CT molecular complexity index is 919. The molecule has 2 aromatic carbocycles. The minimum Gasteiger partial charge on any atom is -0.490 e. The highest BCUT2D eigenvalue weighted by atomic mass is 16.5. The Hall–Kier alpha value is -3.35. The second-order valence-electron chi connectivity index (χ2n) is 6.67. The highest BCUT2D eigenvalue weighted by molar-refractivity contribution is 6.21. The van der Waals surface area contributed by atoms with Crippen molar-refractivity contribution in [3.8, 4) is 11.5 Å². The fourth-order valence-corrected chi connectivity index (χ4v) is 3.51. The van der Waals surface area contributed by atoms with Crippen LogP contribution in [0.3, 0.4) is 0 Å². The molecule has 2 atom stereocenters. The molecule has 1 N–H and O–H groups in total. The van der Waals surface area contributed by atoms with Crippen LogP contribution in [0.5, 0.6) is 11.5 Å². The molecule has 1 aliphatic rings. The van der Waals surface area contributed by atoms with Crippen molar-refractivity contribution in [1.29, 1.82) is 0 Å². The molecule has 7 nitrogen and oxygen atoms in total. The van der Waals surface area contributed by atoms with Crippen molar-refractivity contribution in [1.82, 2.24) is 4.90 Å². The molecule has 0 saturated heterocycles. The number of ether oxygens (including phenoxy) is 2. The van der Waals surface area contributed by atoms with Crippen molar-refractivity contribution < 1.29 is 29.0 Å². The lowest BCUT2D eigenvalue weighted by Crippen LogP contribution is -2.39. The molecule has 2 unspecified atom stereocenters. The number of nitrogens with zero attached hydrogens (tertiary/aromatic N) is 1. The zero-order valence-electron chi connectivity index (χ0n) is 16.5. The number of hydrogen-bond donors (Lipinski definition) is 1. The van der Waals surface area contributed by atoms with Gasteiger partial charge in [0.1, 0.15) is 0 Å². The van der Waals surface area contributed by atoms with Crippen molar-refractivity contribution in [3.05, 3.63) is 59.2 Å². The normalized spacial score (nSPS) is 15.1. The minimum absolute atomic E-state index is 0.274. The zero-order valence-corrected chi connectivity index (χ0v) is 16.5. The summed E-state index contributed by atoms with van der Waals surface area (Å²) in [5, 5.41) is 9.67. The fourth-order valence-electron chi connectivity index (χ4n) is 3.51. The molecule has 0 radical (unpaired) electrons. The molecule has 1 heterocycles. The van der Waals surface area contributed by atoms with Gasteiger partial charge in [0, 0.05) is 0 Å². The van der Waals surface area contributed by atoms with Crippen molar-refractivity contribution in [2.45, 2.75) is 26.8 Å². The molecule has 2 aromatic rings. The number of carbonyl (C=O) groups is 3. The van der Waals surface area contributed by atoms with Gasteiger partial charge in [-0.05, 0) is 50.6 Å². The first kappa shape index (κ1) is 20.4. The van der Waals surface area contributed by atoms with E-state index in [-0.39, 0.29) is 11.1 Å². The minimum atomic E-state index is -1.11. The topological polar surface area (TPSA) is 93.1 Å². The van der Waals surface area contributed by atoms with Crippen LogP contribution in [0, 0.1) is 5.92 Å². The smallest absolute Gasteiger partial charge is 0.308 e. The summed E-state index contributed by atoms with van der Waals surface area (Å²) in [4.78, 5) is 38.8. The summed E-state index contributed by atoms with van der Waals surface area (Å²) in [6.07, 6.45) is 0. The maximum absolute atomic E-state index is 13.0. The van der Waals surface area contributed by atoms with Gasteiger partial charge in [-0.1, -0.05) is 18.2 Å². The maximum atomic E-state index is 13.0. The van der Waals surface area contributed by atoms with Crippen LogP contribution in [0.4, 0.5) is 0 Å². The first-order chi connectivity index (χ1) is 13.9. The molecular formula is C22H23NO6. The molecule has 0 bridgehead atoms. The summed E-state index contributed by atoms with van der Waals surface area (Å²) < 4.78 is 11.2. The third-order valence-electron chi connectivity index (χ3n) is 4.88. The predicted octanol–water partition coefficient (Wildman–Crippen LogP) is 3.54. The average Bonchev–Trinajstić information content (AvgIpc) is 2.96. The van der Waals surface area contributed by atoms with Gasteiger partial charge in [0.2, 0.25) is 0 Å². The molecule has 0 spiro atoms. The van der Waals surface area contributed by atoms with E-state index in [2.05, 4.69) is 0 Å². The fraction of sp³-hybridized carbons (Fsp3) is 0.318. The van der Waals surface area contributed by atoms with E-state index in [4.69, 9.17) is 9.47 Å². The summed E-state index contributed by atoms with van der Waals surface area (Å²) in [5.41, 5.74) is 1.04. The highest BCUT2D eigenvalue weighted by Gasteiger charge is 2.44. The number of aliphatic carboxylic acids is 1. The van der Waals surface area contributed by atoms with Crippen molar-refractivity contribution in [2.24, 2.45) is 5.92 Å². The van der Waals surface area contributed by atoms with Crippen molar-refractivity contribution >= 4 is 17.8 Å². The van der Waals surface area contributed by atoms with Gasteiger partial charge in [-0.25, -0.2) is 0 Å². The Morgan fingerprint density at radius 3 is 2.03 bits per heavy atom. The van der Waals surface area contributed by atoms with E-state index in [9.17, 15) is 19.5 Å². The number of benzene rings is 2. The Morgan fingerprint density at radius 2 is 1.52 bits per heavy atom. The molecule has 2 amide bonds. The van der Waals surface area contributed by atoms with Crippen LogP contribution < -0.4 is 9.47 Å². The second kappa shape index (κ2) is 8.34. The average molecular weight is 397 g/mol. The Kier molecular flexibility index (Phi) is 5.87. The van der Waals surface area contributed by atoms with E-state index in [1.807, 2.05) is 13.8 Å². The Balaban J connectivity index is 2.10. The van der Waals surface area contributed by atoms with Crippen molar-refractivity contribution in [2.75, 3.05) is 13.2 Å². The molecule has 152 valence electrons. The van der Waals surface area contributed by atoms with E-state index in [0.29, 0.717) is 30.3 Å². The van der Waals surface area contributed by atoms with Crippen LogP contribution in [0.25, 0.3) is 0 Å². The van der Waals surface area contributed by atoms with E-state index in [1.54, 1.807) is 42.5 Å². The third-order valence-corrected chi connectivity index (χ3v) is 4.88. The second-order valence-corrected chi connectivity index (χ2v) is 6.67. The molecule has 0 aromatic heterocycles. The van der Waals surface area contributed by atoms with Crippen LogP contribution >= 0.6 is 0 Å². The number of fused-ring (bicyclic) bond motifs is 1. The van der Waals surface area contributed by atoms with Gasteiger partial charge < -0.3 is 14.6 Å². The largest absolute Gasteiger partial charge is 0.490 e. The molecule has 29 heavy (non-hydrogen) atoms. The lowest BCUT2D eigenvalue weighted by Gasteiger charge is -2.30. The van der Waals surface area contributed by atoms with Crippen LogP contribution in [0.2, 0.25) is 0 Å². The number of carboxylic acids is 1. The summed E-state index contributed by atoms with van der Waals surface area (Å²) in [6.45, 7) is 5.97. The molecule has 0 fully saturated rings. The van der Waals surface area contributed by atoms with E-state index >= 15 is 0 Å². The van der Waals surface area contributed by atoms with Crippen LogP contribution in [0.1, 0.15) is 53.1 Å². The molecule has 0 saturated carbocycles. The number of rotatable bonds is 8. The maximum Gasteiger partial charge on any atom is 0.308 e. The Morgan fingerprint density at radius 1 is 0.966 bits per heavy atom. The van der Waals surface area contributed by atoms with Gasteiger partial charge in [0.25, 0.3) is 11.8 Å². The number of carbonyl (C=O) groups excluding carboxylic acids is 2. The number of carboxylic acid groups (broad SMARTS) is 1. The lowest BCUT2D eigenvalue weighted by atomic mass is 9.92. The first-order valence-electron chi connectivity index (χ1n) is 9.49. The van der Waals surface area contributed by atoms with Gasteiger partial charge >= 0.3 is 5.97 Å². The Labute approximate surface area is 168 Å². The SMILES string of the molecule is CCOc1ccc(C(C(C)C(=O)O)N2C(=O)c3ccccc3C2=O)cc1OCC. The van der Waals surface area contributed by atoms with Gasteiger partial charge in [0.15, 0.2) is 11.5 Å². The molecule has 7 heteroatoms. The zero-order chi connectivity index (χ0) is 21.1. The van der Waals surface area contributed by atoms with Gasteiger partial charge in [-0.15, -0.1) is 0 Å². The molecule has 0 aliphatic carbocycles. The summed E-state index contributed by atoms with van der Waals surface area (Å²) in [7, 11) is 0. The quantitative estimate of drug-likeness (QED) is 0.685. The van der Waals surface area contributed by atoms with Crippen LogP contribution in [-0.4, -0.2) is 41.0 Å². The van der Waals surface area contributed by atoms with E-state index in [1.165, 1.54) is 6.92 Å². The number of amides is 2. The van der Waals surface area contributed by atoms with Gasteiger partial charge in [-0.3, -0.25) is 19.3 Å². The molecule has 1 aliphatic heterocycles. The summed E-state index contributed by atoms with van der Waals surface area (Å²) in [6, 6.07) is 10.5.